The van der Waals surface area contributed by atoms with Crippen molar-refractivity contribution >= 4 is 34.2 Å². The number of hydrogen-bond acceptors (Lipinski definition) is 2. The SMILES string of the molecule is Clc1ccc(CNCCc2nc3ccccc3[nH]2)c(Cl)c1. The van der Waals surface area contributed by atoms with E-state index < -0.39 is 0 Å². The number of halogens is 2. The van der Waals surface area contributed by atoms with Crippen LogP contribution in [0.4, 0.5) is 0 Å². The molecule has 0 aliphatic heterocycles. The number of H-pyrrole nitrogens is 1. The number of imidazole rings is 1. The highest BCUT2D eigenvalue weighted by Gasteiger charge is 2.03. The second-order valence-corrected chi connectivity index (χ2v) is 5.71. The van der Waals surface area contributed by atoms with Crippen LogP contribution in [0.2, 0.25) is 10.0 Å². The molecule has 3 rings (SSSR count). The van der Waals surface area contributed by atoms with Gasteiger partial charge in [-0.25, -0.2) is 4.98 Å². The smallest absolute Gasteiger partial charge is 0.108 e. The van der Waals surface area contributed by atoms with Crippen LogP contribution in [0.25, 0.3) is 11.0 Å². The van der Waals surface area contributed by atoms with Crippen LogP contribution in [0.3, 0.4) is 0 Å². The van der Waals surface area contributed by atoms with Gasteiger partial charge in [0, 0.05) is 29.6 Å². The number of hydrogen-bond donors (Lipinski definition) is 2. The molecule has 0 atom stereocenters. The first-order valence-corrected chi connectivity index (χ1v) is 7.56. The van der Waals surface area contributed by atoms with Crippen LogP contribution in [0, 0.1) is 0 Å². The summed E-state index contributed by atoms with van der Waals surface area (Å²) in [6, 6.07) is 13.6. The second-order valence-electron chi connectivity index (χ2n) is 4.86. The standard InChI is InChI=1S/C16H15Cl2N3/c17-12-6-5-11(13(18)9-12)10-19-8-7-16-20-14-3-1-2-4-15(14)21-16/h1-6,9,19H,7-8,10H2,(H,20,21). The number of rotatable bonds is 5. The second kappa shape index (κ2) is 6.48. The molecule has 0 radical (unpaired) electrons. The number of aromatic nitrogens is 2. The molecule has 108 valence electrons. The minimum absolute atomic E-state index is 0.658. The first-order chi connectivity index (χ1) is 10.2. The highest BCUT2D eigenvalue weighted by Crippen LogP contribution is 2.20. The average molecular weight is 320 g/mol. The van der Waals surface area contributed by atoms with E-state index in [1.807, 2.05) is 36.4 Å². The van der Waals surface area contributed by atoms with Gasteiger partial charge in [-0.2, -0.15) is 0 Å². The van der Waals surface area contributed by atoms with Crippen LogP contribution in [-0.4, -0.2) is 16.5 Å². The molecule has 0 saturated heterocycles. The Morgan fingerprint density at radius 3 is 2.76 bits per heavy atom. The molecule has 2 aromatic carbocycles. The van der Waals surface area contributed by atoms with Gasteiger partial charge in [0.15, 0.2) is 0 Å². The molecule has 0 aliphatic rings. The van der Waals surface area contributed by atoms with Crippen LogP contribution in [0.1, 0.15) is 11.4 Å². The third kappa shape index (κ3) is 3.56. The van der Waals surface area contributed by atoms with E-state index in [1.54, 1.807) is 6.07 Å². The molecule has 1 aromatic heterocycles. The van der Waals surface area contributed by atoms with E-state index in [1.165, 1.54) is 0 Å². The number of nitrogens with one attached hydrogen (secondary N) is 2. The first kappa shape index (κ1) is 14.4. The van der Waals surface area contributed by atoms with Gasteiger partial charge < -0.3 is 10.3 Å². The van der Waals surface area contributed by atoms with Crippen LogP contribution in [0.5, 0.6) is 0 Å². The summed E-state index contributed by atoms with van der Waals surface area (Å²) < 4.78 is 0. The Kier molecular flexibility index (Phi) is 4.44. The molecule has 0 spiro atoms. The molecule has 0 bridgehead atoms. The molecule has 0 unspecified atom stereocenters. The first-order valence-electron chi connectivity index (χ1n) is 6.80. The molecule has 3 nitrogen and oxygen atoms in total. The van der Waals surface area contributed by atoms with Crippen molar-refractivity contribution in [3.8, 4) is 0 Å². The summed E-state index contributed by atoms with van der Waals surface area (Å²) in [6.45, 7) is 1.55. The normalized spacial score (nSPS) is 11.1. The Bertz CT molecular complexity index is 719. The molecule has 1 heterocycles. The lowest BCUT2D eigenvalue weighted by molar-refractivity contribution is 0.675. The van der Waals surface area contributed by atoms with Gasteiger partial charge in [-0.1, -0.05) is 41.4 Å². The van der Waals surface area contributed by atoms with Crippen molar-refractivity contribution in [2.24, 2.45) is 0 Å². The zero-order valence-corrected chi connectivity index (χ0v) is 12.9. The Labute approximate surface area is 133 Å². The summed E-state index contributed by atoms with van der Waals surface area (Å²) in [4.78, 5) is 7.87. The maximum absolute atomic E-state index is 6.14. The molecule has 0 fully saturated rings. The van der Waals surface area contributed by atoms with E-state index in [0.717, 1.165) is 41.9 Å². The topological polar surface area (TPSA) is 40.7 Å². The van der Waals surface area contributed by atoms with Crippen molar-refractivity contribution in [2.75, 3.05) is 6.54 Å². The lowest BCUT2D eigenvalue weighted by Gasteiger charge is -2.06. The molecule has 5 heteroatoms. The number of benzene rings is 2. The number of aromatic amines is 1. The van der Waals surface area contributed by atoms with Crippen molar-refractivity contribution in [1.82, 2.24) is 15.3 Å². The summed E-state index contributed by atoms with van der Waals surface area (Å²) in [5.74, 6) is 0.992. The van der Waals surface area contributed by atoms with Crippen molar-refractivity contribution in [3.05, 3.63) is 63.9 Å². The monoisotopic (exact) mass is 319 g/mol. The molecule has 2 N–H and O–H groups in total. The highest BCUT2D eigenvalue weighted by molar-refractivity contribution is 6.35. The van der Waals surface area contributed by atoms with Gasteiger partial charge in [-0.3, -0.25) is 0 Å². The maximum Gasteiger partial charge on any atom is 0.108 e. The van der Waals surface area contributed by atoms with Crippen LogP contribution >= 0.6 is 23.2 Å². The predicted molar refractivity (Wildman–Crippen MR) is 88.0 cm³/mol. The van der Waals surface area contributed by atoms with E-state index in [2.05, 4.69) is 15.3 Å². The van der Waals surface area contributed by atoms with Crippen molar-refractivity contribution < 1.29 is 0 Å². The molecule has 3 aromatic rings. The zero-order valence-electron chi connectivity index (χ0n) is 11.4. The Morgan fingerprint density at radius 2 is 1.95 bits per heavy atom. The van der Waals surface area contributed by atoms with E-state index in [0.29, 0.717) is 10.0 Å². The molecule has 0 aliphatic carbocycles. The van der Waals surface area contributed by atoms with E-state index in [9.17, 15) is 0 Å². The van der Waals surface area contributed by atoms with Crippen LogP contribution in [-0.2, 0) is 13.0 Å². The predicted octanol–water partition coefficient (Wildman–Crippen LogP) is 4.20. The lowest BCUT2D eigenvalue weighted by Crippen LogP contribution is -2.17. The maximum atomic E-state index is 6.14. The number of fused-ring (bicyclic) bond motifs is 1. The lowest BCUT2D eigenvalue weighted by atomic mass is 10.2. The van der Waals surface area contributed by atoms with Gasteiger partial charge in [0.25, 0.3) is 0 Å². The fraction of sp³-hybridized carbons (Fsp3) is 0.188. The van der Waals surface area contributed by atoms with E-state index in [-0.39, 0.29) is 0 Å². The molecule has 21 heavy (non-hydrogen) atoms. The summed E-state index contributed by atoms with van der Waals surface area (Å²) >= 11 is 12.0. The average Bonchev–Trinajstić information content (AvgIpc) is 2.88. The molecule has 0 amide bonds. The van der Waals surface area contributed by atoms with Crippen molar-refractivity contribution in [3.63, 3.8) is 0 Å². The van der Waals surface area contributed by atoms with Gasteiger partial charge in [0.05, 0.1) is 11.0 Å². The number of nitrogens with zero attached hydrogens (tertiary/aromatic N) is 1. The fourth-order valence-electron chi connectivity index (χ4n) is 2.22. The summed E-state index contributed by atoms with van der Waals surface area (Å²) in [5, 5.41) is 4.72. The quantitative estimate of drug-likeness (QED) is 0.692. The Morgan fingerprint density at radius 1 is 1.10 bits per heavy atom. The van der Waals surface area contributed by atoms with E-state index in [4.69, 9.17) is 23.2 Å². The zero-order chi connectivity index (χ0) is 14.7. The van der Waals surface area contributed by atoms with Crippen LogP contribution < -0.4 is 5.32 Å². The fourth-order valence-corrected chi connectivity index (χ4v) is 2.69. The Balaban J connectivity index is 1.54. The van der Waals surface area contributed by atoms with Crippen molar-refractivity contribution in [2.45, 2.75) is 13.0 Å². The van der Waals surface area contributed by atoms with Gasteiger partial charge in [0.2, 0.25) is 0 Å². The molecular formula is C16H15Cl2N3. The highest BCUT2D eigenvalue weighted by atomic mass is 35.5. The largest absolute Gasteiger partial charge is 0.342 e. The number of para-hydroxylation sites is 2. The molecular weight excluding hydrogens is 305 g/mol. The summed E-state index contributed by atoms with van der Waals surface area (Å²) in [5.41, 5.74) is 3.13. The Hall–Kier alpha value is -1.55. The van der Waals surface area contributed by atoms with Crippen LogP contribution in [0.15, 0.2) is 42.5 Å². The molecule has 0 saturated carbocycles. The van der Waals surface area contributed by atoms with Crippen molar-refractivity contribution in [1.29, 1.82) is 0 Å². The third-order valence-electron chi connectivity index (χ3n) is 3.31. The van der Waals surface area contributed by atoms with E-state index >= 15 is 0 Å². The third-order valence-corrected chi connectivity index (χ3v) is 3.89. The minimum Gasteiger partial charge on any atom is -0.342 e. The van der Waals surface area contributed by atoms with Gasteiger partial charge >= 0.3 is 0 Å². The van der Waals surface area contributed by atoms with Gasteiger partial charge in [-0.05, 0) is 29.8 Å². The summed E-state index contributed by atoms with van der Waals surface area (Å²) in [6.07, 6.45) is 0.847. The van der Waals surface area contributed by atoms with Gasteiger partial charge in [-0.15, -0.1) is 0 Å². The van der Waals surface area contributed by atoms with Gasteiger partial charge in [0.1, 0.15) is 5.82 Å². The minimum atomic E-state index is 0.658. The summed E-state index contributed by atoms with van der Waals surface area (Å²) in [7, 11) is 0.